The van der Waals surface area contributed by atoms with E-state index in [-0.39, 0.29) is 11.9 Å². The summed E-state index contributed by atoms with van der Waals surface area (Å²) in [6, 6.07) is 0.564. The number of nitrogen functional groups attached to an aromatic ring is 2. The molecule has 0 aliphatic carbocycles. The van der Waals surface area contributed by atoms with Crippen molar-refractivity contribution in [3.63, 3.8) is 0 Å². The molecular formula is C10H19N7. The highest BCUT2D eigenvalue weighted by Crippen LogP contribution is 2.10. The van der Waals surface area contributed by atoms with E-state index in [4.69, 9.17) is 11.5 Å². The third-order valence-corrected chi connectivity index (χ3v) is 2.85. The predicted molar refractivity (Wildman–Crippen MR) is 66.0 cm³/mol. The van der Waals surface area contributed by atoms with Crippen LogP contribution in [-0.2, 0) is 6.54 Å². The van der Waals surface area contributed by atoms with Crippen LogP contribution in [0.1, 0.15) is 19.2 Å². The van der Waals surface area contributed by atoms with Gasteiger partial charge in [-0.05, 0) is 13.0 Å². The van der Waals surface area contributed by atoms with Crippen molar-refractivity contribution in [2.45, 2.75) is 25.9 Å². The van der Waals surface area contributed by atoms with Gasteiger partial charge in [0.2, 0.25) is 11.9 Å². The Morgan fingerprint density at radius 2 is 1.88 bits per heavy atom. The van der Waals surface area contributed by atoms with Crippen LogP contribution in [-0.4, -0.2) is 45.5 Å². The summed E-state index contributed by atoms with van der Waals surface area (Å²) in [6.07, 6.45) is 1.10. The second-order valence-corrected chi connectivity index (χ2v) is 4.25. The van der Waals surface area contributed by atoms with Gasteiger partial charge in [0.1, 0.15) is 5.82 Å². The van der Waals surface area contributed by atoms with E-state index in [0.29, 0.717) is 18.4 Å². The summed E-state index contributed by atoms with van der Waals surface area (Å²) in [7, 11) is 0. The standard InChI is InChI=1S/C10H19N7/c1-2-3-17(7-4-13-5-7)6-8-14-9(11)16-10(12)15-8/h7,13H,2-6H2,1H3,(H4,11,12,14,15,16). The average Bonchev–Trinajstić information content (AvgIpc) is 2.13. The molecule has 7 nitrogen and oxygen atoms in total. The monoisotopic (exact) mass is 237 g/mol. The average molecular weight is 237 g/mol. The second-order valence-electron chi connectivity index (χ2n) is 4.25. The van der Waals surface area contributed by atoms with Crippen molar-refractivity contribution >= 4 is 11.9 Å². The van der Waals surface area contributed by atoms with Crippen LogP contribution >= 0.6 is 0 Å². The van der Waals surface area contributed by atoms with Crippen molar-refractivity contribution in [1.82, 2.24) is 25.2 Å². The van der Waals surface area contributed by atoms with Gasteiger partial charge < -0.3 is 16.8 Å². The third-order valence-electron chi connectivity index (χ3n) is 2.85. The van der Waals surface area contributed by atoms with Gasteiger partial charge in [-0.1, -0.05) is 6.92 Å². The molecule has 5 N–H and O–H groups in total. The van der Waals surface area contributed by atoms with Gasteiger partial charge in [-0.15, -0.1) is 0 Å². The number of hydrogen-bond acceptors (Lipinski definition) is 7. The number of nitrogens with one attached hydrogen (secondary N) is 1. The van der Waals surface area contributed by atoms with Crippen molar-refractivity contribution in [3.05, 3.63) is 5.82 Å². The molecule has 0 bridgehead atoms. The summed E-state index contributed by atoms with van der Waals surface area (Å²) in [5.74, 6) is 1.03. The Kier molecular flexibility index (Phi) is 3.70. The third kappa shape index (κ3) is 3.01. The normalized spacial score (nSPS) is 16.1. The molecule has 0 amide bonds. The van der Waals surface area contributed by atoms with Crippen LogP contribution in [0.15, 0.2) is 0 Å². The molecule has 1 fully saturated rings. The summed E-state index contributed by atoms with van der Waals surface area (Å²) in [5.41, 5.74) is 11.1. The first-order chi connectivity index (χ1) is 8.19. The molecule has 2 heterocycles. The molecule has 0 radical (unpaired) electrons. The van der Waals surface area contributed by atoms with Crippen LogP contribution in [0.25, 0.3) is 0 Å². The number of hydrogen-bond donors (Lipinski definition) is 3. The van der Waals surface area contributed by atoms with Gasteiger partial charge in [0.05, 0.1) is 6.54 Å². The van der Waals surface area contributed by atoms with Gasteiger partial charge >= 0.3 is 0 Å². The summed E-state index contributed by atoms with van der Waals surface area (Å²) in [6.45, 7) is 5.91. The molecular weight excluding hydrogens is 218 g/mol. The Morgan fingerprint density at radius 3 is 2.35 bits per heavy atom. The minimum atomic E-state index is 0.190. The Hall–Kier alpha value is -1.47. The van der Waals surface area contributed by atoms with Crippen molar-refractivity contribution in [2.75, 3.05) is 31.1 Å². The molecule has 17 heavy (non-hydrogen) atoms. The van der Waals surface area contributed by atoms with Crippen LogP contribution in [0.5, 0.6) is 0 Å². The molecule has 1 saturated heterocycles. The number of aromatic nitrogens is 3. The van der Waals surface area contributed by atoms with Crippen LogP contribution in [0, 0.1) is 0 Å². The van der Waals surface area contributed by atoms with Crippen LogP contribution in [0.2, 0.25) is 0 Å². The van der Waals surface area contributed by atoms with Gasteiger partial charge in [0.25, 0.3) is 0 Å². The SMILES string of the molecule is CCCN(Cc1nc(N)nc(N)n1)C1CNC1. The molecule has 94 valence electrons. The first-order valence-corrected chi connectivity index (χ1v) is 5.89. The number of nitrogens with zero attached hydrogens (tertiary/aromatic N) is 4. The van der Waals surface area contributed by atoms with E-state index < -0.39 is 0 Å². The highest BCUT2D eigenvalue weighted by atomic mass is 15.3. The lowest BCUT2D eigenvalue weighted by Crippen LogP contribution is -2.57. The molecule has 0 unspecified atom stereocenters. The van der Waals surface area contributed by atoms with Crippen molar-refractivity contribution < 1.29 is 0 Å². The zero-order chi connectivity index (χ0) is 12.3. The zero-order valence-electron chi connectivity index (χ0n) is 10.1. The van der Waals surface area contributed by atoms with Crippen LogP contribution in [0.4, 0.5) is 11.9 Å². The largest absolute Gasteiger partial charge is 0.368 e. The lowest BCUT2D eigenvalue weighted by atomic mass is 10.1. The highest BCUT2D eigenvalue weighted by Gasteiger charge is 2.24. The molecule has 1 aromatic rings. The van der Waals surface area contributed by atoms with Crippen LogP contribution in [0.3, 0.4) is 0 Å². The fourth-order valence-corrected chi connectivity index (χ4v) is 1.92. The van der Waals surface area contributed by atoms with E-state index in [1.165, 1.54) is 0 Å². The molecule has 0 spiro atoms. The van der Waals surface area contributed by atoms with E-state index in [9.17, 15) is 0 Å². The Morgan fingerprint density at radius 1 is 1.24 bits per heavy atom. The molecule has 0 aromatic carbocycles. The van der Waals surface area contributed by atoms with Crippen LogP contribution < -0.4 is 16.8 Å². The van der Waals surface area contributed by atoms with E-state index in [2.05, 4.69) is 32.1 Å². The van der Waals surface area contributed by atoms with Gasteiger partial charge in [-0.3, -0.25) is 4.90 Å². The van der Waals surface area contributed by atoms with Crippen molar-refractivity contribution in [1.29, 1.82) is 0 Å². The van der Waals surface area contributed by atoms with E-state index in [1.807, 2.05) is 0 Å². The van der Waals surface area contributed by atoms with Gasteiger partial charge in [0.15, 0.2) is 0 Å². The van der Waals surface area contributed by atoms with Crippen molar-refractivity contribution in [3.8, 4) is 0 Å². The minimum absolute atomic E-state index is 0.190. The molecule has 1 aliphatic rings. The Bertz CT molecular complexity index is 357. The van der Waals surface area contributed by atoms with Gasteiger partial charge in [0, 0.05) is 19.1 Å². The number of anilines is 2. The predicted octanol–water partition coefficient (Wildman–Crippen LogP) is -0.780. The highest BCUT2D eigenvalue weighted by molar-refractivity contribution is 5.25. The first kappa shape index (κ1) is 12.0. The topological polar surface area (TPSA) is 106 Å². The zero-order valence-corrected chi connectivity index (χ0v) is 10.1. The molecule has 1 aliphatic heterocycles. The summed E-state index contributed by atoms with van der Waals surface area (Å²) in [5, 5.41) is 3.26. The molecule has 1 aromatic heterocycles. The fraction of sp³-hybridized carbons (Fsp3) is 0.700. The number of nitrogens with two attached hydrogens (primary N) is 2. The first-order valence-electron chi connectivity index (χ1n) is 5.89. The maximum atomic E-state index is 5.56. The minimum Gasteiger partial charge on any atom is -0.368 e. The Balaban J connectivity index is 2.05. The van der Waals surface area contributed by atoms with E-state index in [1.54, 1.807) is 0 Å². The molecule has 0 atom stereocenters. The lowest BCUT2D eigenvalue weighted by molar-refractivity contribution is 0.134. The maximum Gasteiger partial charge on any atom is 0.225 e. The van der Waals surface area contributed by atoms with Crippen molar-refractivity contribution in [2.24, 2.45) is 0 Å². The summed E-state index contributed by atoms with van der Waals surface area (Å²) in [4.78, 5) is 14.3. The summed E-state index contributed by atoms with van der Waals surface area (Å²) < 4.78 is 0. The quantitative estimate of drug-likeness (QED) is 0.616. The second kappa shape index (κ2) is 5.24. The fourth-order valence-electron chi connectivity index (χ4n) is 1.92. The smallest absolute Gasteiger partial charge is 0.225 e. The molecule has 7 heteroatoms. The Labute approximate surface area is 101 Å². The van der Waals surface area contributed by atoms with E-state index >= 15 is 0 Å². The lowest BCUT2D eigenvalue weighted by Gasteiger charge is -2.37. The maximum absolute atomic E-state index is 5.56. The van der Waals surface area contributed by atoms with Gasteiger partial charge in [-0.25, -0.2) is 0 Å². The summed E-state index contributed by atoms with van der Waals surface area (Å²) >= 11 is 0. The number of rotatable bonds is 5. The van der Waals surface area contributed by atoms with E-state index in [0.717, 1.165) is 26.1 Å². The molecule has 0 saturated carbocycles. The van der Waals surface area contributed by atoms with Gasteiger partial charge in [-0.2, -0.15) is 15.0 Å². The molecule has 2 rings (SSSR count).